The summed E-state index contributed by atoms with van der Waals surface area (Å²) < 4.78 is 19.8. The summed E-state index contributed by atoms with van der Waals surface area (Å²) in [4.78, 5) is 9.67. The maximum atomic E-state index is 12.9. The number of unbranched alkanes of at least 4 members (excludes halogenated alkanes) is 1. The van der Waals surface area contributed by atoms with Gasteiger partial charge in [0.25, 0.3) is 0 Å². The Morgan fingerprint density at radius 1 is 1.13 bits per heavy atom. The van der Waals surface area contributed by atoms with Crippen molar-refractivity contribution in [2.75, 3.05) is 38.2 Å². The van der Waals surface area contributed by atoms with E-state index >= 15 is 0 Å². The third kappa shape index (κ3) is 6.20. The molecule has 1 unspecified atom stereocenters. The van der Waals surface area contributed by atoms with Crippen molar-refractivity contribution in [1.82, 2.24) is 9.88 Å². The number of fused-ring (bicyclic) bond motifs is 1. The van der Waals surface area contributed by atoms with Crippen LogP contribution in [0.3, 0.4) is 0 Å². The molecule has 30 heavy (non-hydrogen) atoms. The van der Waals surface area contributed by atoms with Gasteiger partial charge in [0.2, 0.25) is 0 Å². The number of halogens is 3. The minimum absolute atomic E-state index is 0. The average Bonchev–Trinajstić information content (AvgIpc) is 3.35. The maximum absolute atomic E-state index is 12.9. The van der Waals surface area contributed by atoms with Crippen molar-refractivity contribution in [2.45, 2.75) is 25.3 Å². The third-order valence-electron chi connectivity index (χ3n) is 5.33. The molecule has 8 heteroatoms. The van der Waals surface area contributed by atoms with Crippen LogP contribution in [0.5, 0.6) is 5.75 Å². The lowest BCUT2D eigenvalue weighted by Gasteiger charge is -2.24. The second-order valence-corrected chi connectivity index (χ2v) is 8.34. The van der Waals surface area contributed by atoms with E-state index in [4.69, 9.17) is 9.72 Å². The highest BCUT2D eigenvalue weighted by atomic mass is 35.5. The van der Waals surface area contributed by atoms with Crippen LogP contribution in [0.25, 0.3) is 10.2 Å². The number of nitrogens with zero attached hydrogens (tertiary/aromatic N) is 3. The molecule has 0 amide bonds. The summed E-state index contributed by atoms with van der Waals surface area (Å²) in [6.07, 6.45) is 3.30. The Morgan fingerprint density at radius 2 is 1.90 bits per heavy atom. The monoisotopic (exact) mass is 471 g/mol. The molecule has 4 nitrogen and oxygen atoms in total. The Hall–Kier alpha value is -1.60. The van der Waals surface area contributed by atoms with Crippen LogP contribution in [0.15, 0.2) is 48.5 Å². The second kappa shape index (κ2) is 11.7. The molecular weight excluding hydrogens is 444 g/mol. The molecule has 0 radical (unpaired) electrons. The Bertz CT molecular complexity index is 876. The molecule has 4 rings (SSSR count). The number of hydrogen-bond donors (Lipinski definition) is 0. The molecule has 1 saturated heterocycles. The number of likely N-dealkylation sites (N-methyl/N-ethyl adjacent to an activating group) is 1. The van der Waals surface area contributed by atoms with Gasteiger partial charge in [0.05, 0.1) is 16.8 Å². The molecule has 0 saturated carbocycles. The number of thiazole rings is 1. The van der Waals surface area contributed by atoms with Gasteiger partial charge >= 0.3 is 0 Å². The third-order valence-corrected chi connectivity index (χ3v) is 6.46. The number of anilines is 1. The molecule has 2 aromatic carbocycles. The first kappa shape index (κ1) is 24.7. The van der Waals surface area contributed by atoms with Crippen molar-refractivity contribution in [3.05, 3.63) is 54.3 Å². The fraction of sp³-hybridized carbons (Fsp3) is 0.409. The van der Waals surface area contributed by atoms with Gasteiger partial charge in [0, 0.05) is 26.2 Å². The Labute approximate surface area is 193 Å². The fourth-order valence-corrected chi connectivity index (χ4v) is 4.66. The number of rotatable bonds is 8. The number of likely N-dealkylation sites (tertiary alicyclic amines) is 1. The standard InChI is InChI=1S/C22H26FN3OS.2ClH/c1-25(22-24-20-6-2-3-7-21(20)28-22)18-12-14-26(16-18)13-4-5-15-27-19-10-8-17(23)9-11-19;;/h2-3,6-11,18H,4-5,12-16H2,1H3;2*1H. The van der Waals surface area contributed by atoms with Gasteiger partial charge in [-0.15, -0.1) is 24.8 Å². The Balaban J connectivity index is 0.00000160. The first-order valence-electron chi connectivity index (χ1n) is 9.88. The topological polar surface area (TPSA) is 28.6 Å². The molecule has 1 fully saturated rings. The van der Waals surface area contributed by atoms with Crippen molar-refractivity contribution >= 4 is 51.5 Å². The van der Waals surface area contributed by atoms with E-state index in [-0.39, 0.29) is 30.6 Å². The minimum atomic E-state index is -0.230. The summed E-state index contributed by atoms with van der Waals surface area (Å²) in [6.45, 7) is 4.00. The van der Waals surface area contributed by atoms with Crippen molar-refractivity contribution in [1.29, 1.82) is 0 Å². The molecular formula is C22H28Cl2FN3OS. The van der Waals surface area contributed by atoms with Crippen molar-refractivity contribution < 1.29 is 9.13 Å². The van der Waals surface area contributed by atoms with Crippen LogP contribution >= 0.6 is 36.2 Å². The summed E-state index contributed by atoms with van der Waals surface area (Å²) in [5.74, 6) is 0.506. The predicted molar refractivity (Wildman–Crippen MR) is 128 cm³/mol. The first-order valence-corrected chi connectivity index (χ1v) is 10.7. The van der Waals surface area contributed by atoms with E-state index in [9.17, 15) is 4.39 Å². The molecule has 2 heterocycles. The number of hydrogen-bond acceptors (Lipinski definition) is 5. The van der Waals surface area contributed by atoms with Gasteiger partial charge in [-0.2, -0.15) is 0 Å². The van der Waals surface area contributed by atoms with Crippen molar-refractivity contribution in [3.8, 4) is 5.75 Å². The molecule has 0 N–H and O–H groups in total. The molecule has 1 atom stereocenters. The lowest BCUT2D eigenvalue weighted by Crippen LogP contribution is -2.34. The van der Waals surface area contributed by atoms with Gasteiger partial charge < -0.3 is 14.5 Å². The molecule has 164 valence electrons. The van der Waals surface area contributed by atoms with Crippen LogP contribution in [-0.2, 0) is 0 Å². The van der Waals surface area contributed by atoms with Crippen LogP contribution in [-0.4, -0.2) is 49.2 Å². The normalized spacial score (nSPS) is 16.1. The average molecular weight is 472 g/mol. The lowest BCUT2D eigenvalue weighted by atomic mass is 10.2. The summed E-state index contributed by atoms with van der Waals surface area (Å²) in [7, 11) is 2.17. The molecule has 1 aliphatic rings. The van der Waals surface area contributed by atoms with E-state index in [0.29, 0.717) is 12.6 Å². The largest absolute Gasteiger partial charge is 0.494 e. The number of para-hydroxylation sites is 1. The number of benzene rings is 2. The quantitative estimate of drug-likeness (QED) is 0.396. The lowest BCUT2D eigenvalue weighted by molar-refractivity contribution is 0.278. The minimum Gasteiger partial charge on any atom is -0.494 e. The zero-order chi connectivity index (χ0) is 19.3. The summed E-state index contributed by atoms with van der Waals surface area (Å²) in [5.41, 5.74) is 1.09. The van der Waals surface area contributed by atoms with E-state index in [1.807, 2.05) is 6.07 Å². The molecule has 1 aliphatic heterocycles. The van der Waals surface area contributed by atoms with Gasteiger partial charge in [-0.1, -0.05) is 23.5 Å². The van der Waals surface area contributed by atoms with Crippen molar-refractivity contribution in [3.63, 3.8) is 0 Å². The second-order valence-electron chi connectivity index (χ2n) is 7.33. The predicted octanol–water partition coefficient (Wildman–Crippen LogP) is 5.65. The van der Waals surface area contributed by atoms with E-state index in [1.54, 1.807) is 23.5 Å². The molecule has 3 aromatic rings. The van der Waals surface area contributed by atoms with Crippen LogP contribution in [0.4, 0.5) is 9.52 Å². The Morgan fingerprint density at radius 3 is 2.67 bits per heavy atom. The summed E-state index contributed by atoms with van der Waals surface area (Å²) in [5, 5.41) is 1.11. The zero-order valence-corrected chi connectivity index (χ0v) is 19.4. The maximum Gasteiger partial charge on any atom is 0.186 e. The van der Waals surface area contributed by atoms with Gasteiger partial charge in [0.15, 0.2) is 5.13 Å². The highest BCUT2D eigenvalue weighted by Crippen LogP contribution is 2.30. The van der Waals surface area contributed by atoms with Crippen LogP contribution < -0.4 is 9.64 Å². The summed E-state index contributed by atoms with van der Waals surface area (Å²) >= 11 is 1.77. The number of aromatic nitrogens is 1. The zero-order valence-electron chi connectivity index (χ0n) is 17.0. The van der Waals surface area contributed by atoms with Crippen molar-refractivity contribution in [2.24, 2.45) is 0 Å². The van der Waals surface area contributed by atoms with Crippen LogP contribution in [0.1, 0.15) is 19.3 Å². The fourth-order valence-electron chi connectivity index (χ4n) is 3.66. The van der Waals surface area contributed by atoms with Gasteiger partial charge in [0.1, 0.15) is 11.6 Å². The molecule has 0 aliphatic carbocycles. The molecule has 1 aromatic heterocycles. The molecule has 0 spiro atoms. The van der Waals surface area contributed by atoms with E-state index < -0.39 is 0 Å². The first-order chi connectivity index (χ1) is 13.7. The molecule has 0 bridgehead atoms. The smallest absolute Gasteiger partial charge is 0.186 e. The SMILES string of the molecule is CN(c1nc2ccccc2s1)C1CCN(CCCCOc2ccc(F)cc2)C1.Cl.Cl. The highest BCUT2D eigenvalue weighted by molar-refractivity contribution is 7.22. The van der Waals surface area contributed by atoms with Gasteiger partial charge in [-0.3, -0.25) is 0 Å². The highest BCUT2D eigenvalue weighted by Gasteiger charge is 2.27. The van der Waals surface area contributed by atoms with E-state index in [1.165, 1.54) is 23.3 Å². The Kier molecular flexibility index (Phi) is 9.62. The van der Waals surface area contributed by atoms with Crippen LogP contribution in [0, 0.1) is 5.82 Å². The van der Waals surface area contributed by atoms with E-state index in [2.05, 4.69) is 35.0 Å². The summed E-state index contributed by atoms with van der Waals surface area (Å²) in [6, 6.07) is 15.1. The van der Waals surface area contributed by atoms with Gasteiger partial charge in [-0.25, -0.2) is 9.37 Å². The van der Waals surface area contributed by atoms with Gasteiger partial charge in [-0.05, 0) is 62.2 Å². The number of ether oxygens (including phenoxy) is 1. The van der Waals surface area contributed by atoms with E-state index in [0.717, 1.165) is 48.9 Å². The van der Waals surface area contributed by atoms with Crippen LogP contribution in [0.2, 0.25) is 0 Å².